The summed E-state index contributed by atoms with van der Waals surface area (Å²) in [5, 5.41) is 0.609. The molecule has 0 atom stereocenters. The Balaban J connectivity index is 1.42. The van der Waals surface area contributed by atoms with Crippen molar-refractivity contribution in [1.82, 2.24) is 20.7 Å². The van der Waals surface area contributed by atoms with Crippen LogP contribution in [-0.2, 0) is 4.79 Å². The standard InChI is InChI=1S/C20H15N5O4/c21-17-13-7-3-4-8-15(13)22-9-14(17)18(27)24-23-16(26)10-25-19(28)11-5-1-2-6-12(11)20(25)29/h1-9H,10H2,(H2,21,22)(H,23,26)(H,24,27). The number of aromatic nitrogens is 1. The molecule has 0 radical (unpaired) electrons. The van der Waals surface area contributed by atoms with Gasteiger partial charge in [-0.3, -0.25) is 39.9 Å². The fourth-order valence-electron chi connectivity index (χ4n) is 3.10. The predicted molar refractivity (Wildman–Crippen MR) is 104 cm³/mol. The topological polar surface area (TPSA) is 134 Å². The van der Waals surface area contributed by atoms with Crippen LogP contribution in [0.1, 0.15) is 31.1 Å². The van der Waals surface area contributed by atoms with E-state index >= 15 is 0 Å². The fraction of sp³-hybridized carbons (Fsp3) is 0.0500. The van der Waals surface area contributed by atoms with E-state index < -0.39 is 30.2 Å². The van der Waals surface area contributed by atoms with E-state index in [1.165, 1.54) is 18.3 Å². The summed E-state index contributed by atoms with van der Waals surface area (Å²) in [6.45, 7) is -0.530. The minimum absolute atomic E-state index is 0.0877. The van der Waals surface area contributed by atoms with Crippen LogP contribution in [0.25, 0.3) is 10.9 Å². The molecule has 0 spiro atoms. The van der Waals surface area contributed by atoms with Crippen molar-refractivity contribution in [3.63, 3.8) is 0 Å². The number of hydrogen-bond acceptors (Lipinski definition) is 6. The lowest BCUT2D eigenvalue weighted by Crippen LogP contribution is -2.47. The zero-order chi connectivity index (χ0) is 20.5. The summed E-state index contributed by atoms with van der Waals surface area (Å²) in [5.41, 5.74) is 11.9. The molecule has 4 N–H and O–H groups in total. The van der Waals surface area contributed by atoms with E-state index in [4.69, 9.17) is 5.73 Å². The van der Waals surface area contributed by atoms with E-state index in [1.807, 2.05) is 0 Å². The smallest absolute Gasteiger partial charge is 0.273 e. The number of anilines is 1. The van der Waals surface area contributed by atoms with Crippen LogP contribution in [0.5, 0.6) is 0 Å². The number of fused-ring (bicyclic) bond motifs is 2. The first-order valence-electron chi connectivity index (χ1n) is 8.65. The molecule has 1 aliphatic rings. The number of hydrazine groups is 1. The molecule has 0 unspecified atom stereocenters. The average Bonchev–Trinajstić information content (AvgIpc) is 2.97. The number of pyridine rings is 1. The number of imide groups is 1. The molecule has 0 saturated carbocycles. The zero-order valence-electron chi connectivity index (χ0n) is 15.0. The SMILES string of the molecule is Nc1c(C(=O)NNC(=O)CN2C(=O)c3ccccc3C2=O)cnc2ccccc12. The first-order valence-corrected chi connectivity index (χ1v) is 8.65. The van der Waals surface area contributed by atoms with Gasteiger partial charge in [-0.2, -0.15) is 0 Å². The monoisotopic (exact) mass is 389 g/mol. The second kappa shape index (κ2) is 7.04. The average molecular weight is 389 g/mol. The molecule has 29 heavy (non-hydrogen) atoms. The van der Waals surface area contributed by atoms with E-state index in [1.54, 1.807) is 36.4 Å². The van der Waals surface area contributed by atoms with Gasteiger partial charge in [0.05, 0.1) is 27.9 Å². The van der Waals surface area contributed by atoms with Gasteiger partial charge in [0, 0.05) is 11.6 Å². The number of hydrogen-bond donors (Lipinski definition) is 3. The third-order valence-corrected chi connectivity index (χ3v) is 4.56. The summed E-state index contributed by atoms with van der Waals surface area (Å²) in [6, 6.07) is 13.4. The highest BCUT2D eigenvalue weighted by Gasteiger charge is 2.36. The molecule has 4 amide bonds. The number of nitrogens with zero attached hydrogens (tertiary/aromatic N) is 2. The lowest BCUT2D eigenvalue weighted by Gasteiger charge is -2.14. The molecule has 1 aliphatic heterocycles. The maximum atomic E-state index is 12.4. The van der Waals surface area contributed by atoms with Gasteiger partial charge in [-0.15, -0.1) is 0 Å². The van der Waals surface area contributed by atoms with E-state index in [0.29, 0.717) is 10.9 Å². The molecular weight excluding hydrogens is 374 g/mol. The van der Waals surface area contributed by atoms with E-state index in [-0.39, 0.29) is 22.4 Å². The van der Waals surface area contributed by atoms with Gasteiger partial charge >= 0.3 is 0 Å². The number of carbonyl (C=O) groups excluding carboxylic acids is 4. The number of nitrogens with two attached hydrogens (primary N) is 1. The number of nitrogen functional groups attached to an aromatic ring is 1. The molecule has 3 aromatic rings. The van der Waals surface area contributed by atoms with E-state index in [0.717, 1.165) is 4.90 Å². The van der Waals surface area contributed by atoms with Crippen molar-refractivity contribution in [1.29, 1.82) is 0 Å². The lowest BCUT2D eigenvalue weighted by atomic mass is 10.1. The molecule has 2 heterocycles. The molecule has 144 valence electrons. The largest absolute Gasteiger partial charge is 0.397 e. The molecule has 1 aromatic heterocycles. The van der Waals surface area contributed by atoms with E-state index in [2.05, 4.69) is 15.8 Å². The molecule has 0 saturated heterocycles. The molecule has 9 nitrogen and oxygen atoms in total. The van der Waals surface area contributed by atoms with Crippen LogP contribution in [-0.4, -0.2) is 40.1 Å². The normalized spacial score (nSPS) is 12.8. The third kappa shape index (κ3) is 3.14. The van der Waals surface area contributed by atoms with Gasteiger partial charge in [0.1, 0.15) is 6.54 Å². The molecule has 9 heteroatoms. The van der Waals surface area contributed by atoms with Crippen LogP contribution < -0.4 is 16.6 Å². The van der Waals surface area contributed by atoms with Crippen LogP contribution >= 0.6 is 0 Å². The summed E-state index contributed by atoms with van der Waals surface area (Å²) < 4.78 is 0. The van der Waals surface area contributed by atoms with Crippen LogP contribution in [0, 0.1) is 0 Å². The van der Waals surface area contributed by atoms with E-state index in [9.17, 15) is 19.2 Å². The second-order valence-electron chi connectivity index (χ2n) is 6.35. The van der Waals surface area contributed by atoms with Crippen molar-refractivity contribution in [2.75, 3.05) is 12.3 Å². The lowest BCUT2D eigenvalue weighted by molar-refractivity contribution is -0.122. The molecule has 0 aliphatic carbocycles. The minimum atomic E-state index is -0.736. The summed E-state index contributed by atoms with van der Waals surface area (Å²) >= 11 is 0. The summed E-state index contributed by atoms with van der Waals surface area (Å²) in [5.74, 6) is -2.53. The Kier molecular flexibility index (Phi) is 4.40. The summed E-state index contributed by atoms with van der Waals surface area (Å²) in [6.07, 6.45) is 1.31. The van der Waals surface area contributed by atoms with Crippen LogP contribution in [0.4, 0.5) is 5.69 Å². The highest BCUT2D eigenvalue weighted by Crippen LogP contribution is 2.23. The number of para-hydroxylation sites is 1. The third-order valence-electron chi connectivity index (χ3n) is 4.56. The Labute approximate surface area is 164 Å². The van der Waals surface area contributed by atoms with Gasteiger partial charge in [-0.25, -0.2) is 0 Å². The quantitative estimate of drug-likeness (QED) is 0.449. The van der Waals surface area contributed by atoms with Crippen LogP contribution in [0.3, 0.4) is 0 Å². The second-order valence-corrected chi connectivity index (χ2v) is 6.35. The molecule has 0 fully saturated rings. The first-order chi connectivity index (χ1) is 14.0. The maximum absolute atomic E-state index is 12.4. The summed E-state index contributed by atoms with van der Waals surface area (Å²) in [4.78, 5) is 54.1. The number of benzene rings is 2. The first kappa shape index (κ1) is 18.1. The number of carbonyl (C=O) groups is 4. The van der Waals surface area contributed by atoms with Crippen LogP contribution in [0.2, 0.25) is 0 Å². The van der Waals surface area contributed by atoms with Gasteiger partial charge in [0.15, 0.2) is 0 Å². The Hall–Kier alpha value is -4.27. The minimum Gasteiger partial charge on any atom is -0.397 e. The van der Waals surface area contributed by atoms with Gasteiger partial charge < -0.3 is 5.73 Å². The zero-order valence-corrected chi connectivity index (χ0v) is 15.0. The van der Waals surface area contributed by atoms with Crippen molar-refractivity contribution < 1.29 is 19.2 Å². The highest BCUT2D eigenvalue weighted by atomic mass is 16.2. The van der Waals surface area contributed by atoms with Crippen molar-refractivity contribution >= 4 is 40.2 Å². The van der Waals surface area contributed by atoms with Gasteiger partial charge in [0.2, 0.25) is 0 Å². The highest BCUT2D eigenvalue weighted by molar-refractivity contribution is 6.22. The Morgan fingerprint density at radius 1 is 0.931 bits per heavy atom. The predicted octanol–water partition coefficient (Wildman–Crippen LogP) is 0.874. The number of rotatable bonds is 3. The van der Waals surface area contributed by atoms with Crippen molar-refractivity contribution in [3.05, 3.63) is 71.4 Å². The Morgan fingerprint density at radius 3 is 2.24 bits per heavy atom. The summed E-state index contributed by atoms with van der Waals surface area (Å²) in [7, 11) is 0. The Bertz CT molecular complexity index is 1160. The van der Waals surface area contributed by atoms with Crippen molar-refractivity contribution in [3.8, 4) is 0 Å². The molecule has 4 rings (SSSR count). The maximum Gasteiger partial charge on any atom is 0.273 e. The molecule has 2 aromatic carbocycles. The van der Waals surface area contributed by atoms with Gasteiger partial charge in [-0.05, 0) is 18.2 Å². The van der Waals surface area contributed by atoms with Crippen LogP contribution in [0.15, 0.2) is 54.7 Å². The van der Waals surface area contributed by atoms with Crippen molar-refractivity contribution in [2.45, 2.75) is 0 Å². The van der Waals surface area contributed by atoms with Gasteiger partial charge in [0.25, 0.3) is 23.6 Å². The molecular formula is C20H15N5O4. The fourth-order valence-corrected chi connectivity index (χ4v) is 3.10. The number of nitrogens with one attached hydrogen (secondary N) is 2. The number of amides is 4. The van der Waals surface area contributed by atoms with Crippen molar-refractivity contribution in [2.24, 2.45) is 0 Å². The molecule has 0 bridgehead atoms. The Morgan fingerprint density at radius 2 is 1.55 bits per heavy atom. The van der Waals surface area contributed by atoms with Gasteiger partial charge in [-0.1, -0.05) is 30.3 Å².